The van der Waals surface area contributed by atoms with Crippen LogP contribution in [0.25, 0.3) is 0 Å². The molecule has 0 spiro atoms. The molecule has 1 aliphatic carbocycles. The van der Waals surface area contributed by atoms with Crippen LogP contribution in [0.5, 0.6) is 0 Å². The minimum absolute atomic E-state index is 0.0667. The first-order valence-electron chi connectivity index (χ1n) is 6.34. The van der Waals surface area contributed by atoms with Crippen LogP contribution in [0, 0.1) is 0 Å². The molecular weight excluding hydrogens is 248 g/mol. The molecule has 3 nitrogen and oxygen atoms in total. The maximum Gasteiger partial charge on any atom is 0.220 e. The zero-order valence-corrected chi connectivity index (χ0v) is 11.3. The Morgan fingerprint density at radius 3 is 2.83 bits per heavy atom. The lowest BCUT2D eigenvalue weighted by Gasteiger charge is -2.18. The highest BCUT2D eigenvalue weighted by Crippen LogP contribution is 2.46. The van der Waals surface area contributed by atoms with Gasteiger partial charge in [-0.3, -0.25) is 4.79 Å². The molecule has 0 aliphatic heterocycles. The van der Waals surface area contributed by atoms with Crippen LogP contribution in [0.3, 0.4) is 0 Å². The van der Waals surface area contributed by atoms with E-state index in [2.05, 4.69) is 5.32 Å². The molecule has 18 heavy (non-hydrogen) atoms. The van der Waals surface area contributed by atoms with Gasteiger partial charge in [0.05, 0.1) is 5.54 Å². The van der Waals surface area contributed by atoms with Crippen LogP contribution in [-0.4, -0.2) is 11.9 Å². The summed E-state index contributed by atoms with van der Waals surface area (Å²) in [6, 6.07) is 7.79. The van der Waals surface area contributed by atoms with Gasteiger partial charge in [-0.2, -0.15) is 0 Å². The molecule has 98 valence electrons. The van der Waals surface area contributed by atoms with Crippen LogP contribution in [-0.2, 0) is 10.3 Å². The summed E-state index contributed by atoms with van der Waals surface area (Å²) < 4.78 is 0. The van der Waals surface area contributed by atoms with Gasteiger partial charge in [0.25, 0.3) is 0 Å². The van der Waals surface area contributed by atoms with E-state index in [1.54, 1.807) is 0 Å². The predicted molar refractivity (Wildman–Crippen MR) is 73.4 cm³/mol. The SMILES string of the molecule is CC(N)CCC(=O)NC1(c2cccc(Cl)c2)CC1. The molecule has 0 heterocycles. The van der Waals surface area contributed by atoms with E-state index < -0.39 is 0 Å². The summed E-state index contributed by atoms with van der Waals surface area (Å²) in [7, 11) is 0. The Morgan fingerprint density at radius 1 is 1.56 bits per heavy atom. The quantitative estimate of drug-likeness (QED) is 0.861. The van der Waals surface area contributed by atoms with Crippen molar-refractivity contribution in [1.82, 2.24) is 5.32 Å². The minimum atomic E-state index is -0.181. The first-order chi connectivity index (χ1) is 8.52. The highest BCUT2D eigenvalue weighted by atomic mass is 35.5. The molecule has 3 N–H and O–H groups in total. The van der Waals surface area contributed by atoms with Crippen molar-refractivity contribution in [3.8, 4) is 0 Å². The van der Waals surface area contributed by atoms with Gasteiger partial charge in [-0.1, -0.05) is 23.7 Å². The van der Waals surface area contributed by atoms with Crippen LogP contribution in [0.1, 0.15) is 38.2 Å². The van der Waals surface area contributed by atoms with Crippen LogP contribution in [0.4, 0.5) is 0 Å². The van der Waals surface area contributed by atoms with Crippen molar-refractivity contribution < 1.29 is 4.79 Å². The highest BCUT2D eigenvalue weighted by Gasteiger charge is 2.45. The lowest BCUT2D eigenvalue weighted by Crippen LogP contribution is -2.35. The molecule has 1 aromatic rings. The summed E-state index contributed by atoms with van der Waals surface area (Å²) in [6.07, 6.45) is 3.17. The van der Waals surface area contributed by atoms with E-state index in [1.807, 2.05) is 31.2 Å². The predicted octanol–water partition coefficient (Wildman–Crippen LogP) is 2.57. The number of halogens is 1. The third-order valence-corrected chi connectivity index (χ3v) is 3.57. The summed E-state index contributed by atoms with van der Waals surface area (Å²) in [5.74, 6) is 0.0739. The van der Waals surface area contributed by atoms with Crippen molar-refractivity contribution in [1.29, 1.82) is 0 Å². The number of rotatable bonds is 5. The molecule has 1 fully saturated rings. The topological polar surface area (TPSA) is 55.1 Å². The van der Waals surface area contributed by atoms with Crippen LogP contribution in [0.15, 0.2) is 24.3 Å². The van der Waals surface area contributed by atoms with Crippen molar-refractivity contribution in [2.24, 2.45) is 5.73 Å². The van der Waals surface area contributed by atoms with Crippen molar-refractivity contribution in [3.05, 3.63) is 34.9 Å². The summed E-state index contributed by atoms with van der Waals surface area (Å²) >= 11 is 5.99. The molecule has 0 bridgehead atoms. The second-order valence-electron chi connectivity index (χ2n) is 5.16. The van der Waals surface area contributed by atoms with Crippen molar-refractivity contribution in [3.63, 3.8) is 0 Å². The van der Waals surface area contributed by atoms with E-state index >= 15 is 0 Å². The molecule has 1 aromatic carbocycles. The van der Waals surface area contributed by atoms with Gasteiger partial charge in [0.1, 0.15) is 0 Å². The molecule has 1 aliphatic rings. The zero-order valence-electron chi connectivity index (χ0n) is 10.6. The Labute approximate surface area is 113 Å². The smallest absolute Gasteiger partial charge is 0.220 e. The first-order valence-corrected chi connectivity index (χ1v) is 6.72. The third-order valence-electron chi connectivity index (χ3n) is 3.33. The van der Waals surface area contributed by atoms with Gasteiger partial charge in [0, 0.05) is 17.5 Å². The number of hydrogen-bond donors (Lipinski definition) is 2. The lowest BCUT2D eigenvalue weighted by molar-refractivity contribution is -0.122. The summed E-state index contributed by atoms with van der Waals surface area (Å²) in [4.78, 5) is 11.9. The van der Waals surface area contributed by atoms with E-state index in [0.717, 1.165) is 24.8 Å². The van der Waals surface area contributed by atoms with Gasteiger partial charge >= 0.3 is 0 Å². The van der Waals surface area contributed by atoms with Crippen LogP contribution in [0.2, 0.25) is 5.02 Å². The van der Waals surface area contributed by atoms with Gasteiger partial charge in [0.2, 0.25) is 5.91 Å². The molecule has 2 rings (SSSR count). The Morgan fingerprint density at radius 2 is 2.28 bits per heavy atom. The number of nitrogens with two attached hydrogens (primary N) is 1. The molecule has 1 amide bonds. The molecular formula is C14H19ClN2O. The number of benzene rings is 1. The minimum Gasteiger partial charge on any atom is -0.347 e. The fraction of sp³-hybridized carbons (Fsp3) is 0.500. The maximum atomic E-state index is 11.9. The number of nitrogens with one attached hydrogen (secondary N) is 1. The third kappa shape index (κ3) is 3.24. The largest absolute Gasteiger partial charge is 0.347 e. The second-order valence-corrected chi connectivity index (χ2v) is 5.59. The Kier molecular flexibility index (Phi) is 3.93. The number of carbonyl (C=O) groups excluding carboxylic acids is 1. The van der Waals surface area contributed by atoms with Crippen LogP contribution < -0.4 is 11.1 Å². The average molecular weight is 267 g/mol. The van der Waals surface area contributed by atoms with Crippen molar-refractivity contribution in [2.75, 3.05) is 0 Å². The van der Waals surface area contributed by atoms with Gasteiger partial charge in [-0.25, -0.2) is 0 Å². The van der Waals surface area contributed by atoms with E-state index in [9.17, 15) is 4.79 Å². The van der Waals surface area contributed by atoms with Gasteiger partial charge in [-0.15, -0.1) is 0 Å². The lowest BCUT2D eigenvalue weighted by atomic mass is 10.0. The van der Waals surface area contributed by atoms with E-state index in [4.69, 9.17) is 17.3 Å². The molecule has 0 saturated heterocycles. The summed E-state index contributed by atoms with van der Waals surface area (Å²) in [6.45, 7) is 1.91. The van der Waals surface area contributed by atoms with Crippen LogP contribution >= 0.6 is 11.6 Å². The Bertz CT molecular complexity index is 441. The van der Waals surface area contributed by atoms with E-state index in [-0.39, 0.29) is 17.5 Å². The Balaban J connectivity index is 1.98. The Hall–Kier alpha value is -1.06. The van der Waals surface area contributed by atoms with Gasteiger partial charge in [-0.05, 0) is 43.9 Å². The highest BCUT2D eigenvalue weighted by molar-refractivity contribution is 6.30. The number of hydrogen-bond acceptors (Lipinski definition) is 2. The van der Waals surface area contributed by atoms with E-state index in [0.29, 0.717) is 11.4 Å². The average Bonchev–Trinajstić information content (AvgIpc) is 3.07. The van der Waals surface area contributed by atoms with Gasteiger partial charge in [0.15, 0.2) is 0 Å². The summed E-state index contributed by atoms with van der Waals surface area (Å²) in [5, 5.41) is 3.82. The van der Waals surface area contributed by atoms with Crippen molar-refractivity contribution >= 4 is 17.5 Å². The normalized spacial score (nSPS) is 18.2. The van der Waals surface area contributed by atoms with Gasteiger partial charge < -0.3 is 11.1 Å². The number of amides is 1. The van der Waals surface area contributed by atoms with E-state index in [1.165, 1.54) is 0 Å². The van der Waals surface area contributed by atoms with Crippen molar-refractivity contribution in [2.45, 2.75) is 44.2 Å². The number of carbonyl (C=O) groups is 1. The summed E-state index contributed by atoms with van der Waals surface area (Å²) in [5.41, 5.74) is 6.57. The maximum absolute atomic E-state index is 11.9. The monoisotopic (exact) mass is 266 g/mol. The second kappa shape index (κ2) is 5.29. The molecule has 1 saturated carbocycles. The molecule has 1 unspecified atom stereocenters. The molecule has 1 atom stereocenters. The fourth-order valence-electron chi connectivity index (χ4n) is 2.09. The zero-order chi connectivity index (χ0) is 13.2. The fourth-order valence-corrected chi connectivity index (χ4v) is 2.28. The standard InChI is InChI=1S/C14H19ClN2O/c1-10(16)5-6-13(18)17-14(7-8-14)11-3-2-4-12(15)9-11/h2-4,9-10H,5-8,16H2,1H3,(H,17,18). The molecule has 4 heteroatoms. The molecule has 0 radical (unpaired) electrons. The molecule has 0 aromatic heterocycles. The first kappa shape index (κ1) is 13.4.